The molecule has 1 fully saturated rings. The number of carbonyl (C=O) groups is 1. The lowest BCUT2D eigenvalue weighted by Gasteiger charge is -2.16. The van der Waals surface area contributed by atoms with E-state index < -0.39 is 0 Å². The Hall–Kier alpha value is -3.47. The van der Waals surface area contributed by atoms with E-state index in [1.165, 1.54) is 5.56 Å². The number of aromatic nitrogens is 3. The number of benzene rings is 1. The van der Waals surface area contributed by atoms with E-state index in [1.54, 1.807) is 0 Å². The van der Waals surface area contributed by atoms with Gasteiger partial charge in [-0.25, -0.2) is 9.97 Å². The van der Waals surface area contributed by atoms with Crippen molar-refractivity contribution in [2.24, 2.45) is 0 Å². The molecule has 138 valence electrons. The molecule has 3 N–H and O–H groups in total. The Morgan fingerprint density at radius 1 is 1.07 bits per heavy atom. The van der Waals surface area contributed by atoms with Crippen molar-refractivity contribution in [1.82, 2.24) is 10.3 Å². The fourth-order valence-electron chi connectivity index (χ4n) is 3.83. The summed E-state index contributed by atoms with van der Waals surface area (Å²) in [7, 11) is 0. The third-order valence-corrected chi connectivity index (χ3v) is 5.48. The van der Waals surface area contributed by atoms with Gasteiger partial charge in [-0.15, -0.1) is 0 Å². The molecule has 5 rings (SSSR count). The summed E-state index contributed by atoms with van der Waals surface area (Å²) in [5, 5.41) is 3.28. The van der Waals surface area contributed by atoms with Gasteiger partial charge in [0.1, 0.15) is 0 Å². The number of H-pyrrole nitrogens is 2. The highest BCUT2D eigenvalue weighted by Crippen LogP contribution is 2.45. The lowest BCUT2D eigenvalue weighted by Crippen LogP contribution is -2.35. The van der Waals surface area contributed by atoms with Gasteiger partial charge in [-0.1, -0.05) is 36.4 Å². The first-order valence-corrected chi connectivity index (χ1v) is 9.59. The Morgan fingerprint density at radius 2 is 1.89 bits per heavy atom. The number of rotatable bonds is 5. The molecule has 0 bridgehead atoms. The lowest BCUT2D eigenvalue weighted by atomic mass is 10.0. The molecule has 0 spiro atoms. The lowest BCUT2D eigenvalue weighted by molar-refractivity contribution is -0.520. The molecule has 5 nitrogen and oxygen atoms in total. The van der Waals surface area contributed by atoms with Crippen LogP contribution in [0.3, 0.4) is 0 Å². The SMILES string of the molecule is O=C(NC1(c2ccccc2)CC1)c1[nH]c(Cc2ccc[nH+]c2)[n+]2ccccc12. The van der Waals surface area contributed by atoms with Crippen LogP contribution < -0.4 is 14.7 Å². The van der Waals surface area contributed by atoms with Crippen LogP contribution in [0.1, 0.15) is 40.3 Å². The summed E-state index contributed by atoms with van der Waals surface area (Å²) in [5.41, 5.74) is 3.59. The number of nitrogens with one attached hydrogen (secondary N) is 3. The number of amides is 1. The summed E-state index contributed by atoms with van der Waals surface area (Å²) in [6.07, 6.45) is 8.52. The quantitative estimate of drug-likeness (QED) is 0.521. The van der Waals surface area contributed by atoms with Crippen LogP contribution in [0.5, 0.6) is 0 Å². The van der Waals surface area contributed by atoms with E-state index >= 15 is 0 Å². The topological polar surface area (TPSA) is 63.1 Å². The third-order valence-electron chi connectivity index (χ3n) is 5.48. The molecule has 3 aromatic heterocycles. The fraction of sp³-hybridized carbons (Fsp3) is 0.174. The highest BCUT2D eigenvalue weighted by atomic mass is 16.2. The Kier molecular flexibility index (Phi) is 3.93. The Labute approximate surface area is 163 Å². The molecule has 0 unspecified atom stereocenters. The molecule has 4 aromatic rings. The van der Waals surface area contributed by atoms with Crippen LogP contribution >= 0.6 is 0 Å². The molecule has 1 aliphatic rings. The summed E-state index contributed by atoms with van der Waals surface area (Å²) in [6.45, 7) is 0. The molecule has 0 radical (unpaired) electrons. The maximum atomic E-state index is 13.2. The summed E-state index contributed by atoms with van der Waals surface area (Å²) in [4.78, 5) is 19.7. The number of hydrogen-bond donors (Lipinski definition) is 2. The van der Waals surface area contributed by atoms with Crippen molar-refractivity contribution in [1.29, 1.82) is 0 Å². The Balaban J connectivity index is 1.48. The molecule has 1 amide bonds. The van der Waals surface area contributed by atoms with Gasteiger partial charge in [-0.3, -0.25) is 4.79 Å². The summed E-state index contributed by atoms with van der Waals surface area (Å²) in [5.74, 6) is 0.917. The number of aromatic amines is 2. The van der Waals surface area contributed by atoms with E-state index in [0.29, 0.717) is 12.1 Å². The summed E-state index contributed by atoms with van der Waals surface area (Å²) in [6, 6.07) is 20.2. The van der Waals surface area contributed by atoms with Crippen LogP contribution in [-0.4, -0.2) is 10.9 Å². The van der Waals surface area contributed by atoms with Crippen LogP contribution in [0.4, 0.5) is 0 Å². The zero-order chi connectivity index (χ0) is 19.0. The normalized spacial score (nSPS) is 14.7. The minimum atomic E-state index is -0.232. The van der Waals surface area contributed by atoms with Gasteiger partial charge in [0.05, 0.1) is 18.2 Å². The number of hydrogen-bond acceptors (Lipinski definition) is 1. The van der Waals surface area contributed by atoms with E-state index in [2.05, 4.69) is 37.9 Å². The first-order valence-electron chi connectivity index (χ1n) is 9.59. The molecule has 0 saturated heterocycles. The monoisotopic (exact) mass is 370 g/mol. The van der Waals surface area contributed by atoms with Gasteiger partial charge in [0, 0.05) is 11.6 Å². The molecule has 1 saturated carbocycles. The Bertz CT molecular complexity index is 1130. The van der Waals surface area contributed by atoms with Crippen LogP contribution in [0, 0.1) is 0 Å². The second-order valence-electron chi connectivity index (χ2n) is 7.39. The highest BCUT2D eigenvalue weighted by Gasteiger charge is 2.46. The van der Waals surface area contributed by atoms with E-state index in [4.69, 9.17) is 0 Å². The van der Waals surface area contributed by atoms with Crippen LogP contribution in [0.25, 0.3) is 5.52 Å². The third kappa shape index (κ3) is 2.95. The van der Waals surface area contributed by atoms with Crippen molar-refractivity contribution in [2.75, 3.05) is 0 Å². The van der Waals surface area contributed by atoms with E-state index in [9.17, 15) is 4.79 Å². The molecule has 0 aliphatic heterocycles. The first-order chi connectivity index (χ1) is 13.8. The van der Waals surface area contributed by atoms with Crippen molar-refractivity contribution >= 4 is 11.4 Å². The second kappa shape index (κ2) is 6.60. The van der Waals surface area contributed by atoms with Gasteiger partial charge < -0.3 is 5.32 Å². The maximum Gasteiger partial charge on any atom is 0.296 e. The molecule has 5 heteroatoms. The molecular weight excluding hydrogens is 348 g/mol. The van der Waals surface area contributed by atoms with Gasteiger partial charge in [-0.2, -0.15) is 4.40 Å². The maximum absolute atomic E-state index is 13.2. The average molecular weight is 370 g/mol. The number of carbonyl (C=O) groups excluding carboxylic acids is 1. The molecule has 1 aromatic carbocycles. The fourth-order valence-corrected chi connectivity index (χ4v) is 3.83. The predicted molar refractivity (Wildman–Crippen MR) is 105 cm³/mol. The van der Waals surface area contributed by atoms with Crippen molar-refractivity contribution in [3.8, 4) is 0 Å². The largest absolute Gasteiger partial charge is 0.339 e. The van der Waals surface area contributed by atoms with Crippen molar-refractivity contribution in [3.05, 3.63) is 102 Å². The van der Waals surface area contributed by atoms with E-state index in [-0.39, 0.29) is 11.4 Å². The minimum Gasteiger partial charge on any atom is -0.339 e. The predicted octanol–water partition coefficient (Wildman–Crippen LogP) is 2.58. The zero-order valence-electron chi connectivity index (χ0n) is 15.5. The number of pyridine rings is 2. The zero-order valence-corrected chi connectivity index (χ0v) is 15.5. The molecule has 1 aliphatic carbocycles. The number of nitrogens with zero attached hydrogens (tertiary/aromatic N) is 1. The van der Waals surface area contributed by atoms with Crippen LogP contribution in [0.2, 0.25) is 0 Å². The van der Waals surface area contributed by atoms with Gasteiger partial charge in [0.25, 0.3) is 11.7 Å². The van der Waals surface area contributed by atoms with E-state index in [1.807, 2.05) is 61.1 Å². The van der Waals surface area contributed by atoms with Gasteiger partial charge in [0.15, 0.2) is 17.9 Å². The number of fused-ring (bicyclic) bond motifs is 1. The van der Waals surface area contributed by atoms with E-state index in [0.717, 1.165) is 29.7 Å². The Morgan fingerprint density at radius 3 is 2.64 bits per heavy atom. The summed E-state index contributed by atoms with van der Waals surface area (Å²) >= 11 is 0. The van der Waals surface area contributed by atoms with Crippen LogP contribution in [0.15, 0.2) is 79.3 Å². The molecule has 0 atom stereocenters. The molecular formula is C23H22N4O+2. The van der Waals surface area contributed by atoms with Gasteiger partial charge in [0.2, 0.25) is 5.69 Å². The molecule has 3 heterocycles. The van der Waals surface area contributed by atoms with Crippen molar-refractivity contribution in [2.45, 2.75) is 24.8 Å². The standard InChI is InChI=1S/C23H20N4O/c28-22(26-23(11-12-23)18-8-2-1-3-9-18)21-19-10-4-5-14-27(19)20(25-21)15-17-7-6-13-24-16-17/h1-10,13-14,16H,11-12,15H2,(H,26,28)/p+2. The average Bonchev–Trinajstić information content (AvgIpc) is 3.44. The summed E-state index contributed by atoms with van der Waals surface area (Å²) < 4.78 is 2.06. The van der Waals surface area contributed by atoms with Crippen molar-refractivity contribution < 1.29 is 14.2 Å². The van der Waals surface area contributed by atoms with Gasteiger partial charge >= 0.3 is 0 Å². The van der Waals surface area contributed by atoms with Gasteiger partial charge in [-0.05, 0) is 36.6 Å². The van der Waals surface area contributed by atoms with Crippen molar-refractivity contribution in [3.63, 3.8) is 0 Å². The second-order valence-corrected chi connectivity index (χ2v) is 7.39. The highest BCUT2D eigenvalue weighted by molar-refractivity contribution is 5.98. The van der Waals surface area contributed by atoms with Crippen LogP contribution in [-0.2, 0) is 12.0 Å². The first kappa shape index (κ1) is 16.7. The number of imidazole rings is 1. The minimum absolute atomic E-state index is 0.0593. The smallest absolute Gasteiger partial charge is 0.296 e. The molecule has 28 heavy (non-hydrogen) atoms.